The van der Waals surface area contributed by atoms with E-state index in [-0.39, 0.29) is 21.6 Å². The van der Waals surface area contributed by atoms with Crippen molar-refractivity contribution >= 4 is 46.5 Å². The number of benzene rings is 1. The van der Waals surface area contributed by atoms with Crippen LogP contribution in [0.1, 0.15) is 19.6 Å². The predicted molar refractivity (Wildman–Crippen MR) is 88.7 cm³/mol. The lowest BCUT2D eigenvalue weighted by Gasteiger charge is -2.22. The summed E-state index contributed by atoms with van der Waals surface area (Å²) < 4.78 is 4.87. The summed E-state index contributed by atoms with van der Waals surface area (Å²) in [4.78, 5) is 24.8. The van der Waals surface area contributed by atoms with E-state index in [1.807, 2.05) is 0 Å². The monoisotopic (exact) mass is 355 g/mol. The van der Waals surface area contributed by atoms with Crippen LogP contribution in [0.5, 0.6) is 0 Å². The summed E-state index contributed by atoms with van der Waals surface area (Å²) in [6, 6.07) is 6.39. The van der Waals surface area contributed by atoms with Crippen molar-refractivity contribution in [2.24, 2.45) is 5.41 Å². The van der Waals surface area contributed by atoms with Gasteiger partial charge in [-0.25, -0.2) is 0 Å². The molecule has 23 heavy (non-hydrogen) atoms. The minimum Gasteiger partial charge on any atom is -0.360 e. The number of amides is 2. The summed E-state index contributed by atoms with van der Waals surface area (Å²) in [6.45, 7) is 4.66. The minimum absolute atomic E-state index is 0.240. The molecule has 0 saturated heterocycles. The maximum absolute atomic E-state index is 12.4. The Balaban J connectivity index is 2.14. The maximum Gasteiger partial charge on any atom is 0.240 e. The number of hydrogen-bond donors (Lipinski definition) is 2. The zero-order valence-electron chi connectivity index (χ0n) is 12.7. The molecule has 6 nitrogen and oxygen atoms in total. The molecule has 1 heterocycles. The number of anilines is 2. The van der Waals surface area contributed by atoms with Crippen LogP contribution in [0, 0.1) is 12.3 Å². The van der Waals surface area contributed by atoms with Gasteiger partial charge in [0.25, 0.3) is 0 Å². The second kappa shape index (κ2) is 6.60. The molecule has 0 radical (unpaired) electrons. The Hall–Kier alpha value is -2.05. The number of nitrogens with zero attached hydrogens (tertiary/aromatic N) is 1. The van der Waals surface area contributed by atoms with Crippen LogP contribution in [0.4, 0.5) is 11.5 Å². The van der Waals surface area contributed by atoms with E-state index in [0.717, 1.165) is 0 Å². The van der Waals surface area contributed by atoms with Crippen LogP contribution in [0.3, 0.4) is 0 Å². The van der Waals surface area contributed by atoms with Crippen LogP contribution in [0.25, 0.3) is 0 Å². The first-order valence-electron chi connectivity index (χ1n) is 6.72. The molecular formula is C15H15Cl2N3O3. The lowest BCUT2D eigenvalue weighted by atomic mass is 9.91. The third-order valence-corrected chi connectivity index (χ3v) is 3.84. The minimum atomic E-state index is -1.38. The normalized spacial score (nSPS) is 11.2. The molecular weight excluding hydrogens is 341 g/mol. The van der Waals surface area contributed by atoms with Gasteiger partial charge in [0.2, 0.25) is 11.8 Å². The number of nitrogens with one attached hydrogen (secondary N) is 2. The highest BCUT2D eigenvalue weighted by Gasteiger charge is 2.37. The van der Waals surface area contributed by atoms with E-state index in [1.165, 1.54) is 13.8 Å². The molecule has 122 valence electrons. The summed E-state index contributed by atoms with van der Waals surface area (Å²) in [5.74, 6) is -0.300. The molecule has 8 heteroatoms. The molecule has 2 rings (SSSR count). The fourth-order valence-corrected chi connectivity index (χ4v) is 2.18. The van der Waals surface area contributed by atoms with Crippen molar-refractivity contribution in [1.29, 1.82) is 0 Å². The van der Waals surface area contributed by atoms with E-state index in [9.17, 15) is 9.59 Å². The van der Waals surface area contributed by atoms with E-state index in [1.54, 1.807) is 31.2 Å². The number of aromatic nitrogens is 1. The van der Waals surface area contributed by atoms with E-state index in [4.69, 9.17) is 27.7 Å². The SMILES string of the molecule is Cc1cc(NC(=O)C(C)(C)C(=O)Nc2c(Cl)cccc2Cl)no1. The molecule has 0 spiro atoms. The number of para-hydroxylation sites is 1. The number of carbonyl (C=O) groups excluding carboxylic acids is 2. The number of aryl methyl sites for hydroxylation is 1. The average molecular weight is 356 g/mol. The maximum atomic E-state index is 12.4. The topological polar surface area (TPSA) is 84.2 Å². The predicted octanol–water partition coefficient (Wildman–Crippen LogP) is 3.89. The van der Waals surface area contributed by atoms with Crippen molar-refractivity contribution < 1.29 is 14.1 Å². The Morgan fingerprint density at radius 3 is 2.22 bits per heavy atom. The fourth-order valence-electron chi connectivity index (χ4n) is 1.69. The van der Waals surface area contributed by atoms with Gasteiger partial charge in [-0.15, -0.1) is 0 Å². The van der Waals surface area contributed by atoms with Gasteiger partial charge in [0.1, 0.15) is 11.2 Å². The van der Waals surface area contributed by atoms with Crippen molar-refractivity contribution in [3.8, 4) is 0 Å². The molecule has 1 aromatic carbocycles. The smallest absolute Gasteiger partial charge is 0.240 e. The molecule has 0 atom stereocenters. The molecule has 2 amide bonds. The van der Waals surface area contributed by atoms with E-state index in [2.05, 4.69) is 15.8 Å². The Morgan fingerprint density at radius 2 is 1.70 bits per heavy atom. The lowest BCUT2D eigenvalue weighted by Crippen LogP contribution is -2.41. The molecule has 0 unspecified atom stereocenters. The van der Waals surface area contributed by atoms with Crippen molar-refractivity contribution in [2.75, 3.05) is 10.6 Å². The molecule has 0 bridgehead atoms. The number of hydrogen-bond acceptors (Lipinski definition) is 4. The van der Waals surface area contributed by atoms with Gasteiger partial charge in [-0.3, -0.25) is 9.59 Å². The summed E-state index contributed by atoms with van der Waals surface area (Å²) in [5.41, 5.74) is -1.12. The van der Waals surface area contributed by atoms with Crippen LogP contribution in [0.2, 0.25) is 10.0 Å². The second-order valence-corrected chi connectivity index (χ2v) is 6.27. The third kappa shape index (κ3) is 3.83. The summed E-state index contributed by atoms with van der Waals surface area (Å²) in [6.07, 6.45) is 0. The molecule has 2 aromatic rings. The van der Waals surface area contributed by atoms with Crippen molar-refractivity contribution in [2.45, 2.75) is 20.8 Å². The first kappa shape index (κ1) is 17.3. The van der Waals surface area contributed by atoms with Gasteiger partial charge in [-0.05, 0) is 32.9 Å². The molecule has 0 aliphatic heterocycles. The lowest BCUT2D eigenvalue weighted by molar-refractivity contribution is -0.135. The Kier molecular flexibility index (Phi) is 4.97. The number of carbonyl (C=O) groups is 2. The number of halogens is 2. The van der Waals surface area contributed by atoms with Gasteiger partial charge in [0.15, 0.2) is 5.82 Å². The Morgan fingerprint density at radius 1 is 1.13 bits per heavy atom. The molecule has 2 N–H and O–H groups in total. The van der Waals surface area contributed by atoms with Gasteiger partial charge in [-0.2, -0.15) is 0 Å². The Labute approximate surface area is 143 Å². The van der Waals surface area contributed by atoms with E-state index in [0.29, 0.717) is 5.76 Å². The second-order valence-electron chi connectivity index (χ2n) is 5.45. The van der Waals surface area contributed by atoms with Gasteiger partial charge >= 0.3 is 0 Å². The molecule has 0 fully saturated rings. The highest BCUT2D eigenvalue weighted by Crippen LogP contribution is 2.31. The van der Waals surface area contributed by atoms with Crippen LogP contribution < -0.4 is 10.6 Å². The van der Waals surface area contributed by atoms with Crippen molar-refractivity contribution in [3.05, 3.63) is 40.1 Å². The molecule has 0 aliphatic rings. The van der Waals surface area contributed by atoms with Crippen LogP contribution >= 0.6 is 23.2 Å². The highest BCUT2D eigenvalue weighted by atomic mass is 35.5. The van der Waals surface area contributed by atoms with Gasteiger partial charge in [-0.1, -0.05) is 34.4 Å². The van der Waals surface area contributed by atoms with Crippen LogP contribution in [-0.4, -0.2) is 17.0 Å². The first-order valence-corrected chi connectivity index (χ1v) is 7.47. The van der Waals surface area contributed by atoms with Crippen LogP contribution in [0.15, 0.2) is 28.8 Å². The van der Waals surface area contributed by atoms with Crippen molar-refractivity contribution in [3.63, 3.8) is 0 Å². The zero-order chi connectivity index (χ0) is 17.2. The van der Waals surface area contributed by atoms with Gasteiger partial charge < -0.3 is 15.2 Å². The van der Waals surface area contributed by atoms with Gasteiger partial charge in [0.05, 0.1) is 15.7 Å². The number of rotatable bonds is 4. The Bertz CT molecular complexity index is 736. The highest BCUT2D eigenvalue weighted by molar-refractivity contribution is 6.40. The fraction of sp³-hybridized carbons (Fsp3) is 0.267. The molecule has 0 saturated carbocycles. The molecule has 0 aliphatic carbocycles. The standard InChI is InChI=1S/C15H15Cl2N3O3/c1-8-7-11(20-23-8)18-13(21)15(2,3)14(22)19-12-9(16)5-4-6-10(12)17/h4-7H,1-3H3,(H,19,22)(H,18,20,21). The average Bonchev–Trinajstić information content (AvgIpc) is 2.88. The van der Waals surface area contributed by atoms with Gasteiger partial charge in [0, 0.05) is 6.07 Å². The van der Waals surface area contributed by atoms with Crippen LogP contribution in [-0.2, 0) is 9.59 Å². The van der Waals surface area contributed by atoms with E-state index >= 15 is 0 Å². The first-order chi connectivity index (χ1) is 10.7. The largest absolute Gasteiger partial charge is 0.360 e. The quantitative estimate of drug-likeness (QED) is 0.814. The summed E-state index contributed by atoms with van der Waals surface area (Å²) in [5, 5.41) is 9.34. The van der Waals surface area contributed by atoms with E-state index < -0.39 is 17.2 Å². The molecule has 1 aromatic heterocycles. The third-order valence-electron chi connectivity index (χ3n) is 3.21. The summed E-state index contributed by atoms with van der Waals surface area (Å²) in [7, 11) is 0. The summed E-state index contributed by atoms with van der Waals surface area (Å²) >= 11 is 12.0. The zero-order valence-corrected chi connectivity index (χ0v) is 14.2. The van der Waals surface area contributed by atoms with Crippen molar-refractivity contribution in [1.82, 2.24) is 5.16 Å².